The molecule has 0 bridgehead atoms. The van der Waals surface area contributed by atoms with E-state index in [2.05, 4.69) is 20.7 Å². The van der Waals surface area contributed by atoms with Crippen molar-refractivity contribution in [3.05, 3.63) is 24.2 Å². The molecule has 5 heterocycles. The summed E-state index contributed by atoms with van der Waals surface area (Å²) in [6.45, 7) is -2.81. The number of nitrogens with one attached hydrogen (secondary N) is 2. The molecular weight excluding hydrogens is 441 g/mol. The molecule has 3 aliphatic heterocycles. The summed E-state index contributed by atoms with van der Waals surface area (Å²) in [5.41, 5.74) is -0.759. The molecule has 1 atom stereocenters. The molecule has 32 heavy (non-hydrogen) atoms. The number of nitrogens with zero attached hydrogens (tertiary/aromatic N) is 5. The number of anilines is 1. The molecule has 1 unspecified atom stereocenters. The molecule has 2 aromatic rings. The number of amides is 3. The van der Waals surface area contributed by atoms with Gasteiger partial charge in [0.05, 0.1) is 35.8 Å². The molecule has 3 aliphatic rings. The Labute approximate surface area is 177 Å². The summed E-state index contributed by atoms with van der Waals surface area (Å²) < 4.78 is 69.2. The van der Waals surface area contributed by atoms with E-state index < -0.39 is 48.5 Å². The van der Waals surface area contributed by atoms with Crippen LogP contribution in [-0.4, -0.2) is 82.8 Å². The standard InChI is InChI=1S/C18H18F5N7O2/c19-17(20)8-29(7-16(17)5-28(6-16)9-18(21,22)23)12-3-11(27-30-2-1-24-13(12)30)10-4-25-15(32)26-14(10)31/h1-3,10H,4-9H2,(H2,25,26,31,32). The quantitative estimate of drug-likeness (QED) is 0.665. The van der Waals surface area contributed by atoms with Crippen LogP contribution in [0.15, 0.2) is 18.5 Å². The molecule has 3 saturated heterocycles. The monoisotopic (exact) mass is 459 g/mol. The van der Waals surface area contributed by atoms with Crippen LogP contribution in [0.5, 0.6) is 0 Å². The first-order chi connectivity index (χ1) is 15.0. The number of alkyl halides is 5. The summed E-state index contributed by atoms with van der Waals surface area (Å²) in [7, 11) is 0. The number of hydrogen-bond donors (Lipinski definition) is 2. The topological polar surface area (TPSA) is 94.9 Å². The third-order valence-electron chi connectivity index (χ3n) is 6.19. The van der Waals surface area contributed by atoms with E-state index in [0.29, 0.717) is 5.69 Å². The van der Waals surface area contributed by atoms with Crippen LogP contribution in [0, 0.1) is 5.41 Å². The Morgan fingerprint density at radius 3 is 2.59 bits per heavy atom. The molecule has 3 amide bonds. The van der Waals surface area contributed by atoms with E-state index >= 15 is 0 Å². The fourth-order valence-corrected chi connectivity index (χ4v) is 4.71. The van der Waals surface area contributed by atoms with Gasteiger partial charge in [-0.25, -0.2) is 23.1 Å². The van der Waals surface area contributed by atoms with Crippen LogP contribution in [-0.2, 0) is 4.79 Å². The van der Waals surface area contributed by atoms with Gasteiger partial charge >= 0.3 is 12.2 Å². The van der Waals surface area contributed by atoms with Crippen molar-refractivity contribution < 1.29 is 31.5 Å². The molecule has 9 nitrogen and oxygen atoms in total. The maximum Gasteiger partial charge on any atom is 0.401 e. The van der Waals surface area contributed by atoms with Crippen LogP contribution in [0.1, 0.15) is 11.6 Å². The number of urea groups is 1. The average molecular weight is 459 g/mol. The van der Waals surface area contributed by atoms with Gasteiger partial charge in [-0.3, -0.25) is 15.0 Å². The van der Waals surface area contributed by atoms with E-state index in [1.54, 1.807) is 0 Å². The lowest BCUT2D eigenvalue weighted by Crippen LogP contribution is -2.65. The highest BCUT2D eigenvalue weighted by Gasteiger charge is 2.66. The Bertz CT molecular complexity index is 1100. The van der Waals surface area contributed by atoms with Crippen molar-refractivity contribution >= 4 is 23.3 Å². The van der Waals surface area contributed by atoms with Crippen molar-refractivity contribution in [2.75, 3.05) is 44.2 Å². The molecule has 0 saturated carbocycles. The highest BCUT2D eigenvalue weighted by molar-refractivity contribution is 6.00. The number of hydrogen-bond acceptors (Lipinski definition) is 6. The maximum atomic E-state index is 15.0. The summed E-state index contributed by atoms with van der Waals surface area (Å²) >= 11 is 0. The second kappa shape index (κ2) is 6.73. The lowest BCUT2D eigenvalue weighted by atomic mass is 9.76. The summed E-state index contributed by atoms with van der Waals surface area (Å²) in [4.78, 5) is 30.1. The Morgan fingerprint density at radius 2 is 1.91 bits per heavy atom. The van der Waals surface area contributed by atoms with Gasteiger partial charge in [0.25, 0.3) is 5.92 Å². The van der Waals surface area contributed by atoms with E-state index in [1.807, 2.05) is 0 Å². The predicted molar refractivity (Wildman–Crippen MR) is 99.4 cm³/mol. The number of imidazole rings is 1. The van der Waals surface area contributed by atoms with Crippen LogP contribution in [0.3, 0.4) is 0 Å². The maximum absolute atomic E-state index is 15.0. The number of imide groups is 1. The first-order valence-corrected chi connectivity index (χ1v) is 9.81. The van der Waals surface area contributed by atoms with Crippen molar-refractivity contribution in [3.63, 3.8) is 0 Å². The Morgan fingerprint density at radius 1 is 1.16 bits per heavy atom. The zero-order valence-corrected chi connectivity index (χ0v) is 16.5. The van der Waals surface area contributed by atoms with Crippen LogP contribution in [0.25, 0.3) is 5.65 Å². The highest BCUT2D eigenvalue weighted by atomic mass is 19.4. The van der Waals surface area contributed by atoms with Crippen LogP contribution in [0.2, 0.25) is 0 Å². The van der Waals surface area contributed by atoms with E-state index in [-0.39, 0.29) is 37.5 Å². The minimum atomic E-state index is -4.45. The second-order valence-corrected chi connectivity index (χ2v) is 8.50. The van der Waals surface area contributed by atoms with Crippen LogP contribution < -0.4 is 15.5 Å². The molecule has 2 N–H and O–H groups in total. The van der Waals surface area contributed by atoms with Gasteiger partial charge in [0.2, 0.25) is 5.91 Å². The number of rotatable bonds is 3. The normalized spacial score (nSPS) is 25.2. The Balaban J connectivity index is 1.44. The molecule has 5 rings (SSSR count). The first kappa shape index (κ1) is 20.8. The lowest BCUT2D eigenvalue weighted by Gasteiger charge is -2.50. The number of likely N-dealkylation sites (tertiary alicyclic amines) is 1. The number of carbonyl (C=O) groups is 2. The Kier molecular flexibility index (Phi) is 4.39. The predicted octanol–water partition coefficient (Wildman–Crippen LogP) is 0.972. The van der Waals surface area contributed by atoms with Gasteiger partial charge in [-0.15, -0.1) is 0 Å². The summed E-state index contributed by atoms with van der Waals surface area (Å²) in [5, 5.41) is 8.95. The molecule has 3 fully saturated rings. The van der Waals surface area contributed by atoms with Gasteiger partial charge in [0.1, 0.15) is 0 Å². The number of halogens is 5. The molecule has 0 radical (unpaired) electrons. The van der Waals surface area contributed by atoms with Crippen molar-refractivity contribution in [2.45, 2.75) is 18.0 Å². The van der Waals surface area contributed by atoms with Gasteiger partial charge in [-0.05, 0) is 6.07 Å². The summed E-state index contributed by atoms with van der Waals surface area (Å²) in [5.74, 6) is -4.61. The highest BCUT2D eigenvalue weighted by Crippen LogP contribution is 2.51. The molecule has 172 valence electrons. The molecule has 1 spiro atoms. The fraction of sp³-hybridized carbons (Fsp3) is 0.556. The van der Waals surface area contributed by atoms with Crippen molar-refractivity contribution in [1.29, 1.82) is 0 Å². The second-order valence-electron chi connectivity index (χ2n) is 8.50. The van der Waals surface area contributed by atoms with Gasteiger partial charge in [0.15, 0.2) is 5.65 Å². The van der Waals surface area contributed by atoms with Gasteiger partial charge in [-0.2, -0.15) is 18.3 Å². The van der Waals surface area contributed by atoms with Gasteiger partial charge < -0.3 is 10.2 Å². The summed E-state index contributed by atoms with van der Waals surface area (Å²) in [6, 6.07) is 0.843. The zero-order chi connectivity index (χ0) is 22.9. The number of fused-ring (bicyclic) bond motifs is 1. The molecule has 14 heteroatoms. The first-order valence-electron chi connectivity index (χ1n) is 9.81. The number of carbonyl (C=O) groups excluding carboxylic acids is 2. The van der Waals surface area contributed by atoms with Crippen molar-refractivity contribution in [2.24, 2.45) is 5.41 Å². The largest absolute Gasteiger partial charge is 0.401 e. The van der Waals surface area contributed by atoms with Crippen molar-refractivity contribution in [3.8, 4) is 0 Å². The van der Waals surface area contributed by atoms with Gasteiger partial charge in [0, 0.05) is 38.6 Å². The fourth-order valence-electron chi connectivity index (χ4n) is 4.71. The van der Waals surface area contributed by atoms with E-state index in [0.717, 1.165) is 4.90 Å². The summed E-state index contributed by atoms with van der Waals surface area (Å²) in [6.07, 6.45) is -1.52. The van der Waals surface area contributed by atoms with Gasteiger partial charge in [-0.1, -0.05) is 0 Å². The third kappa shape index (κ3) is 3.32. The third-order valence-corrected chi connectivity index (χ3v) is 6.19. The minimum Gasteiger partial charge on any atom is -0.361 e. The minimum absolute atomic E-state index is 0.0101. The van der Waals surface area contributed by atoms with Crippen LogP contribution >= 0.6 is 0 Å². The molecule has 0 aromatic carbocycles. The van der Waals surface area contributed by atoms with E-state index in [1.165, 1.54) is 27.9 Å². The molecule has 2 aromatic heterocycles. The Hall–Kier alpha value is -3.03. The van der Waals surface area contributed by atoms with E-state index in [4.69, 9.17) is 0 Å². The smallest absolute Gasteiger partial charge is 0.361 e. The lowest BCUT2D eigenvalue weighted by molar-refractivity contribution is -0.203. The number of aromatic nitrogens is 3. The molecular formula is C18H18F5N7O2. The van der Waals surface area contributed by atoms with Crippen LogP contribution in [0.4, 0.5) is 32.4 Å². The zero-order valence-electron chi connectivity index (χ0n) is 16.5. The van der Waals surface area contributed by atoms with Crippen molar-refractivity contribution in [1.82, 2.24) is 30.1 Å². The SMILES string of the molecule is O=C1NCC(c2cc(N3CC(F)(F)C4(CN(CC(F)(F)F)C4)C3)c3nccn3n2)C(=O)N1. The average Bonchev–Trinajstić information content (AvgIpc) is 3.21. The van der Waals surface area contributed by atoms with E-state index in [9.17, 15) is 31.5 Å². The molecule has 0 aliphatic carbocycles.